The molecule has 0 amide bonds. The molecular formula is C22H18N4. The standard InChI is InChI=1S/C22H18N4/c23-19-17-9-15-7-13-5-11-3-1-2-4-12(11)6-14(13)8-16(15)10-18(17)20(24)22(26)21(19)25/h1-10H,23-26H2. The summed E-state index contributed by atoms with van der Waals surface area (Å²) in [5.74, 6) is 0. The van der Waals surface area contributed by atoms with Crippen LogP contribution in [0.1, 0.15) is 0 Å². The third-order valence-electron chi connectivity index (χ3n) is 5.25. The molecule has 5 aromatic rings. The Hall–Kier alpha value is -3.66. The molecule has 0 aromatic heterocycles. The number of nitrogens with two attached hydrogens (primary N) is 4. The first-order valence-corrected chi connectivity index (χ1v) is 8.45. The summed E-state index contributed by atoms with van der Waals surface area (Å²) in [6, 6.07) is 21.2. The van der Waals surface area contributed by atoms with Gasteiger partial charge in [0.1, 0.15) is 0 Å². The number of hydrogen-bond donors (Lipinski definition) is 4. The Morgan fingerprint density at radius 2 is 0.731 bits per heavy atom. The van der Waals surface area contributed by atoms with Crippen molar-refractivity contribution in [3.05, 3.63) is 60.7 Å². The highest BCUT2D eigenvalue weighted by Gasteiger charge is 2.13. The molecule has 4 nitrogen and oxygen atoms in total. The number of rotatable bonds is 0. The summed E-state index contributed by atoms with van der Waals surface area (Å²) < 4.78 is 0. The molecule has 0 radical (unpaired) electrons. The molecule has 0 aliphatic carbocycles. The summed E-state index contributed by atoms with van der Waals surface area (Å²) in [5, 5.41) is 8.67. The molecular weight excluding hydrogens is 320 g/mol. The molecule has 0 bridgehead atoms. The van der Waals surface area contributed by atoms with Crippen LogP contribution >= 0.6 is 0 Å². The zero-order valence-corrected chi connectivity index (χ0v) is 14.1. The van der Waals surface area contributed by atoms with Gasteiger partial charge in [0.15, 0.2) is 0 Å². The lowest BCUT2D eigenvalue weighted by Crippen LogP contribution is -2.05. The molecule has 5 rings (SSSR count). The van der Waals surface area contributed by atoms with E-state index in [1.807, 2.05) is 12.1 Å². The van der Waals surface area contributed by atoms with Crippen LogP contribution in [-0.2, 0) is 0 Å². The molecule has 0 atom stereocenters. The van der Waals surface area contributed by atoms with Gasteiger partial charge in [-0.2, -0.15) is 0 Å². The average molecular weight is 338 g/mol. The van der Waals surface area contributed by atoms with Crippen LogP contribution in [-0.4, -0.2) is 0 Å². The van der Waals surface area contributed by atoms with Gasteiger partial charge in [-0.3, -0.25) is 0 Å². The first-order valence-electron chi connectivity index (χ1n) is 8.45. The maximum Gasteiger partial charge on any atom is 0.0809 e. The minimum Gasteiger partial charge on any atom is -0.396 e. The van der Waals surface area contributed by atoms with Crippen LogP contribution < -0.4 is 22.9 Å². The molecule has 126 valence electrons. The monoisotopic (exact) mass is 338 g/mol. The first kappa shape index (κ1) is 14.7. The van der Waals surface area contributed by atoms with E-state index in [1.165, 1.54) is 21.5 Å². The van der Waals surface area contributed by atoms with Crippen LogP contribution in [0.5, 0.6) is 0 Å². The zero-order chi connectivity index (χ0) is 18.0. The number of fused-ring (bicyclic) bond motifs is 4. The van der Waals surface area contributed by atoms with E-state index in [9.17, 15) is 0 Å². The zero-order valence-electron chi connectivity index (χ0n) is 14.1. The first-order chi connectivity index (χ1) is 12.5. The summed E-state index contributed by atoms with van der Waals surface area (Å²) in [6.07, 6.45) is 0. The van der Waals surface area contributed by atoms with Gasteiger partial charge < -0.3 is 22.9 Å². The van der Waals surface area contributed by atoms with Crippen molar-refractivity contribution in [1.29, 1.82) is 0 Å². The molecule has 0 aliphatic rings. The maximum absolute atomic E-state index is 6.21. The van der Waals surface area contributed by atoms with E-state index in [2.05, 4.69) is 48.5 Å². The van der Waals surface area contributed by atoms with Crippen LogP contribution in [0, 0.1) is 0 Å². The smallest absolute Gasteiger partial charge is 0.0809 e. The number of hydrogen-bond acceptors (Lipinski definition) is 4. The summed E-state index contributed by atoms with van der Waals surface area (Å²) in [7, 11) is 0. The summed E-state index contributed by atoms with van der Waals surface area (Å²) in [4.78, 5) is 0. The highest BCUT2D eigenvalue weighted by atomic mass is 14.8. The Kier molecular flexibility index (Phi) is 2.78. The van der Waals surface area contributed by atoms with Crippen molar-refractivity contribution in [2.45, 2.75) is 0 Å². The summed E-state index contributed by atoms with van der Waals surface area (Å²) >= 11 is 0. The van der Waals surface area contributed by atoms with Crippen molar-refractivity contribution in [1.82, 2.24) is 0 Å². The van der Waals surface area contributed by atoms with Crippen LogP contribution in [0.15, 0.2) is 60.7 Å². The third-order valence-corrected chi connectivity index (χ3v) is 5.25. The van der Waals surface area contributed by atoms with Gasteiger partial charge in [-0.25, -0.2) is 0 Å². The van der Waals surface area contributed by atoms with Crippen molar-refractivity contribution in [3.8, 4) is 0 Å². The van der Waals surface area contributed by atoms with E-state index >= 15 is 0 Å². The number of nitrogen functional groups attached to an aromatic ring is 4. The minimum atomic E-state index is 0.348. The molecule has 0 spiro atoms. The number of anilines is 4. The average Bonchev–Trinajstić information content (AvgIpc) is 2.66. The van der Waals surface area contributed by atoms with Crippen molar-refractivity contribution >= 4 is 65.8 Å². The fourth-order valence-electron chi connectivity index (χ4n) is 3.77. The van der Waals surface area contributed by atoms with Gasteiger partial charge in [-0.15, -0.1) is 0 Å². The fourth-order valence-corrected chi connectivity index (χ4v) is 3.77. The van der Waals surface area contributed by atoms with E-state index in [4.69, 9.17) is 22.9 Å². The molecule has 0 fully saturated rings. The normalized spacial score (nSPS) is 11.7. The summed E-state index contributed by atoms with van der Waals surface area (Å²) in [5.41, 5.74) is 26.1. The minimum absolute atomic E-state index is 0.348. The molecule has 0 saturated carbocycles. The molecule has 26 heavy (non-hydrogen) atoms. The van der Waals surface area contributed by atoms with Gasteiger partial charge in [0, 0.05) is 10.8 Å². The van der Waals surface area contributed by atoms with E-state index in [0.717, 1.165) is 21.5 Å². The predicted octanol–water partition coefficient (Wildman–Crippen LogP) is 4.63. The topological polar surface area (TPSA) is 104 Å². The van der Waals surface area contributed by atoms with Crippen molar-refractivity contribution < 1.29 is 0 Å². The second-order valence-corrected chi connectivity index (χ2v) is 6.80. The molecule has 0 saturated heterocycles. The van der Waals surface area contributed by atoms with E-state index < -0.39 is 0 Å². The van der Waals surface area contributed by atoms with Crippen LogP contribution in [0.4, 0.5) is 22.7 Å². The molecule has 0 unspecified atom stereocenters. The highest BCUT2D eigenvalue weighted by Crippen LogP contribution is 2.41. The lowest BCUT2D eigenvalue weighted by Gasteiger charge is -2.14. The number of benzene rings is 5. The molecule has 0 aliphatic heterocycles. The second-order valence-electron chi connectivity index (χ2n) is 6.80. The Balaban J connectivity index is 1.93. The fraction of sp³-hybridized carbons (Fsp3) is 0. The van der Waals surface area contributed by atoms with Gasteiger partial charge in [-0.1, -0.05) is 24.3 Å². The van der Waals surface area contributed by atoms with Crippen molar-refractivity contribution in [2.24, 2.45) is 0 Å². The largest absolute Gasteiger partial charge is 0.396 e. The highest BCUT2D eigenvalue weighted by molar-refractivity contribution is 6.17. The molecule has 0 heterocycles. The SMILES string of the molecule is Nc1c(N)c(N)c2cc3cc4cc5ccccc5cc4cc3cc2c1N. The predicted molar refractivity (Wildman–Crippen MR) is 114 cm³/mol. The molecule has 4 heteroatoms. The van der Waals surface area contributed by atoms with Gasteiger partial charge in [0.25, 0.3) is 0 Å². The van der Waals surface area contributed by atoms with Crippen molar-refractivity contribution in [2.75, 3.05) is 22.9 Å². The lowest BCUT2D eigenvalue weighted by molar-refractivity contribution is 1.69. The molecule has 8 N–H and O–H groups in total. The van der Waals surface area contributed by atoms with Gasteiger partial charge in [0.2, 0.25) is 0 Å². The quantitative estimate of drug-likeness (QED) is 0.244. The Labute approximate surface area is 150 Å². The Bertz CT molecular complexity index is 1260. The Morgan fingerprint density at radius 1 is 0.385 bits per heavy atom. The van der Waals surface area contributed by atoms with E-state index in [-0.39, 0.29) is 0 Å². The van der Waals surface area contributed by atoms with Gasteiger partial charge in [0.05, 0.1) is 22.7 Å². The van der Waals surface area contributed by atoms with Crippen LogP contribution in [0.25, 0.3) is 43.1 Å². The van der Waals surface area contributed by atoms with E-state index in [1.54, 1.807) is 0 Å². The summed E-state index contributed by atoms with van der Waals surface area (Å²) in [6.45, 7) is 0. The maximum atomic E-state index is 6.21. The van der Waals surface area contributed by atoms with Crippen LogP contribution in [0.3, 0.4) is 0 Å². The molecule has 5 aromatic carbocycles. The third kappa shape index (κ3) is 1.90. The lowest BCUT2D eigenvalue weighted by atomic mass is 9.95. The Morgan fingerprint density at radius 3 is 1.15 bits per heavy atom. The van der Waals surface area contributed by atoms with E-state index in [0.29, 0.717) is 22.7 Å². The van der Waals surface area contributed by atoms with Gasteiger partial charge >= 0.3 is 0 Å². The second kappa shape index (κ2) is 4.92. The van der Waals surface area contributed by atoms with Crippen LogP contribution in [0.2, 0.25) is 0 Å². The van der Waals surface area contributed by atoms with Crippen molar-refractivity contribution in [3.63, 3.8) is 0 Å². The van der Waals surface area contributed by atoms with Gasteiger partial charge in [-0.05, 0) is 68.7 Å².